The van der Waals surface area contributed by atoms with Gasteiger partial charge in [-0.25, -0.2) is 0 Å². The van der Waals surface area contributed by atoms with Crippen LogP contribution in [0, 0.1) is 0 Å². The van der Waals surface area contributed by atoms with Crippen molar-refractivity contribution in [1.82, 2.24) is 10.3 Å². The zero-order valence-electron chi connectivity index (χ0n) is 12.6. The van der Waals surface area contributed by atoms with Crippen LogP contribution >= 0.6 is 0 Å². The third-order valence-electron chi connectivity index (χ3n) is 3.25. The van der Waals surface area contributed by atoms with Gasteiger partial charge in [0.1, 0.15) is 17.4 Å². The maximum atomic E-state index is 6.19. The second kappa shape index (κ2) is 7.25. The van der Waals surface area contributed by atoms with E-state index >= 15 is 0 Å². The standard InChI is InChI=1S/C17H24N2O/c1-4-7-15(12-19-13(2)3)20-16-10-5-8-14-9-6-11-18-17(14)16/h5-6,8-11,13,15,19H,4,7,12H2,1-3H3. The van der Waals surface area contributed by atoms with Gasteiger partial charge in [-0.1, -0.05) is 45.4 Å². The van der Waals surface area contributed by atoms with Gasteiger partial charge in [0.25, 0.3) is 0 Å². The molecular weight excluding hydrogens is 248 g/mol. The van der Waals surface area contributed by atoms with E-state index < -0.39 is 0 Å². The summed E-state index contributed by atoms with van der Waals surface area (Å²) in [6, 6.07) is 10.6. The summed E-state index contributed by atoms with van der Waals surface area (Å²) in [7, 11) is 0. The summed E-state index contributed by atoms with van der Waals surface area (Å²) in [4.78, 5) is 4.44. The molecule has 3 nitrogen and oxygen atoms in total. The van der Waals surface area contributed by atoms with Crippen molar-refractivity contribution >= 4 is 10.9 Å². The van der Waals surface area contributed by atoms with Crippen LogP contribution in [0.2, 0.25) is 0 Å². The Balaban J connectivity index is 2.15. The Morgan fingerprint density at radius 3 is 2.75 bits per heavy atom. The SMILES string of the molecule is CCCC(CNC(C)C)Oc1cccc2cccnc12. The molecule has 1 heterocycles. The van der Waals surface area contributed by atoms with Crippen LogP contribution in [0.1, 0.15) is 33.6 Å². The molecule has 2 aromatic rings. The van der Waals surface area contributed by atoms with E-state index in [1.807, 2.05) is 24.4 Å². The summed E-state index contributed by atoms with van der Waals surface area (Å²) in [6.07, 6.45) is 4.16. The quantitative estimate of drug-likeness (QED) is 0.833. The maximum absolute atomic E-state index is 6.19. The number of hydrogen-bond donors (Lipinski definition) is 1. The Morgan fingerprint density at radius 2 is 2.00 bits per heavy atom. The molecule has 3 heteroatoms. The third kappa shape index (κ3) is 3.94. The zero-order valence-corrected chi connectivity index (χ0v) is 12.6. The molecule has 0 bridgehead atoms. The molecule has 1 aromatic heterocycles. The molecule has 1 N–H and O–H groups in total. The number of nitrogens with one attached hydrogen (secondary N) is 1. The molecule has 1 aromatic carbocycles. The van der Waals surface area contributed by atoms with Crippen molar-refractivity contribution in [2.75, 3.05) is 6.54 Å². The number of benzene rings is 1. The van der Waals surface area contributed by atoms with Crippen LogP contribution in [-0.2, 0) is 0 Å². The van der Waals surface area contributed by atoms with E-state index in [4.69, 9.17) is 4.74 Å². The first-order valence-electron chi connectivity index (χ1n) is 7.44. The highest BCUT2D eigenvalue weighted by molar-refractivity contribution is 5.84. The molecule has 0 aliphatic heterocycles. The third-order valence-corrected chi connectivity index (χ3v) is 3.25. The second-order valence-corrected chi connectivity index (χ2v) is 5.42. The second-order valence-electron chi connectivity index (χ2n) is 5.42. The molecule has 0 aliphatic carbocycles. The average molecular weight is 272 g/mol. The topological polar surface area (TPSA) is 34.1 Å². The van der Waals surface area contributed by atoms with Crippen LogP contribution in [0.4, 0.5) is 0 Å². The molecule has 0 fully saturated rings. The Labute approximate surface area is 121 Å². The number of fused-ring (bicyclic) bond motifs is 1. The summed E-state index contributed by atoms with van der Waals surface area (Å²) in [6.45, 7) is 7.37. The number of aromatic nitrogens is 1. The fourth-order valence-electron chi connectivity index (χ4n) is 2.24. The summed E-state index contributed by atoms with van der Waals surface area (Å²) in [5, 5.41) is 4.58. The number of hydrogen-bond acceptors (Lipinski definition) is 3. The fourth-order valence-corrected chi connectivity index (χ4v) is 2.24. The highest BCUT2D eigenvalue weighted by Gasteiger charge is 2.12. The number of para-hydroxylation sites is 1. The first kappa shape index (κ1) is 14.8. The van der Waals surface area contributed by atoms with Gasteiger partial charge in [-0.3, -0.25) is 4.98 Å². The van der Waals surface area contributed by atoms with Gasteiger partial charge in [0.05, 0.1) is 0 Å². The van der Waals surface area contributed by atoms with Crippen molar-refractivity contribution in [2.45, 2.75) is 45.8 Å². The minimum atomic E-state index is 0.190. The van der Waals surface area contributed by atoms with Crippen molar-refractivity contribution in [2.24, 2.45) is 0 Å². The monoisotopic (exact) mass is 272 g/mol. The maximum Gasteiger partial charge on any atom is 0.146 e. The molecule has 0 saturated heterocycles. The van der Waals surface area contributed by atoms with Crippen LogP contribution in [0.25, 0.3) is 10.9 Å². The summed E-state index contributed by atoms with van der Waals surface area (Å²) >= 11 is 0. The van der Waals surface area contributed by atoms with Gasteiger partial charge in [0, 0.05) is 24.2 Å². The number of rotatable bonds is 7. The lowest BCUT2D eigenvalue weighted by Crippen LogP contribution is -2.35. The van der Waals surface area contributed by atoms with Crippen LogP contribution < -0.4 is 10.1 Å². The van der Waals surface area contributed by atoms with E-state index in [0.717, 1.165) is 36.0 Å². The lowest BCUT2D eigenvalue weighted by molar-refractivity contribution is 0.185. The number of ether oxygens (including phenoxy) is 1. The van der Waals surface area contributed by atoms with E-state index in [2.05, 4.69) is 43.2 Å². The highest BCUT2D eigenvalue weighted by Crippen LogP contribution is 2.24. The van der Waals surface area contributed by atoms with Crippen LogP contribution in [0.5, 0.6) is 5.75 Å². The van der Waals surface area contributed by atoms with E-state index in [9.17, 15) is 0 Å². The fraction of sp³-hybridized carbons (Fsp3) is 0.471. The van der Waals surface area contributed by atoms with Crippen molar-refractivity contribution in [1.29, 1.82) is 0 Å². The van der Waals surface area contributed by atoms with Gasteiger partial charge in [-0.2, -0.15) is 0 Å². The predicted molar refractivity (Wildman–Crippen MR) is 84.2 cm³/mol. The predicted octanol–water partition coefficient (Wildman–Crippen LogP) is 3.78. The molecule has 0 spiro atoms. The van der Waals surface area contributed by atoms with Crippen LogP contribution in [0.3, 0.4) is 0 Å². The molecule has 0 radical (unpaired) electrons. The molecule has 0 saturated carbocycles. The molecule has 2 rings (SSSR count). The zero-order chi connectivity index (χ0) is 14.4. The highest BCUT2D eigenvalue weighted by atomic mass is 16.5. The van der Waals surface area contributed by atoms with Crippen molar-refractivity contribution < 1.29 is 4.74 Å². The smallest absolute Gasteiger partial charge is 0.146 e. The normalized spacial score (nSPS) is 12.8. The molecule has 108 valence electrons. The van der Waals surface area contributed by atoms with E-state index in [1.54, 1.807) is 0 Å². The van der Waals surface area contributed by atoms with Crippen molar-refractivity contribution in [3.63, 3.8) is 0 Å². The largest absolute Gasteiger partial charge is 0.487 e. The molecule has 0 amide bonds. The van der Waals surface area contributed by atoms with Crippen LogP contribution in [-0.4, -0.2) is 23.7 Å². The van der Waals surface area contributed by atoms with E-state index in [0.29, 0.717) is 6.04 Å². The Morgan fingerprint density at radius 1 is 1.20 bits per heavy atom. The van der Waals surface area contributed by atoms with Crippen LogP contribution in [0.15, 0.2) is 36.5 Å². The lowest BCUT2D eigenvalue weighted by atomic mass is 10.1. The summed E-state index contributed by atoms with van der Waals surface area (Å²) in [5.74, 6) is 0.882. The molecule has 1 unspecified atom stereocenters. The Kier molecular flexibility index (Phi) is 5.36. The Bertz CT molecular complexity index is 534. The first-order chi connectivity index (χ1) is 9.70. The van der Waals surface area contributed by atoms with Gasteiger partial charge in [-0.15, -0.1) is 0 Å². The van der Waals surface area contributed by atoms with E-state index in [1.165, 1.54) is 0 Å². The minimum absolute atomic E-state index is 0.190. The molecular formula is C17H24N2O. The first-order valence-corrected chi connectivity index (χ1v) is 7.44. The Hall–Kier alpha value is -1.61. The summed E-state index contributed by atoms with van der Waals surface area (Å²) < 4.78 is 6.19. The van der Waals surface area contributed by atoms with Crippen molar-refractivity contribution in [3.05, 3.63) is 36.5 Å². The minimum Gasteiger partial charge on any atom is -0.487 e. The van der Waals surface area contributed by atoms with Gasteiger partial charge < -0.3 is 10.1 Å². The lowest BCUT2D eigenvalue weighted by Gasteiger charge is -2.21. The summed E-state index contributed by atoms with van der Waals surface area (Å²) in [5.41, 5.74) is 0.945. The van der Waals surface area contributed by atoms with Gasteiger partial charge in [-0.05, 0) is 18.6 Å². The van der Waals surface area contributed by atoms with Gasteiger partial charge in [0.2, 0.25) is 0 Å². The average Bonchev–Trinajstić information content (AvgIpc) is 2.45. The number of nitrogens with zero attached hydrogens (tertiary/aromatic N) is 1. The molecule has 0 aliphatic rings. The van der Waals surface area contributed by atoms with Gasteiger partial charge >= 0.3 is 0 Å². The molecule has 20 heavy (non-hydrogen) atoms. The molecule has 1 atom stereocenters. The number of pyridine rings is 1. The van der Waals surface area contributed by atoms with E-state index in [-0.39, 0.29) is 6.10 Å². The van der Waals surface area contributed by atoms with Gasteiger partial charge in [0.15, 0.2) is 0 Å². The van der Waals surface area contributed by atoms with Crippen molar-refractivity contribution in [3.8, 4) is 5.75 Å².